The normalized spacial score (nSPS) is 11.3. The second-order valence-corrected chi connectivity index (χ2v) is 7.53. The van der Waals surface area contributed by atoms with Crippen LogP contribution in [0.5, 0.6) is 0 Å². The van der Waals surface area contributed by atoms with Gasteiger partial charge in [-0.2, -0.15) is 13.2 Å². The summed E-state index contributed by atoms with van der Waals surface area (Å²) in [6.07, 6.45) is -4.64. The number of hydrogen-bond acceptors (Lipinski definition) is 4. The molecule has 10 heteroatoms. The highest BCUT2D eigenvalue weighted by atomic mass is 35.5. The minimum atomic E-state index is -4.64. The third-order valence-corrected chi connectivity index (χ3v) is 5.01. The van der Waals surface area contributed by atoms with Gasteiger partial charge in [0.2, 0.25) is 5.91 Å². The van der Waals surface area contributed by atoms with E-state index in [1.165, 1.54) is 12.1 Å². The lowest BCUT2D eigenvalue weighted by Crippen LogP contribution is -2.15. The standard InChI is InChI=1S/C19H12Cl2F3N3OS/c20-12-6-7-13(21)15(8-12)25-17(28)10-29-18-26-14(11-4-2-1-3-5-11)9-16(27-18)19(22,23)24/h1-9H,10H2,(H,25,28). The van der Waals surface area contributed by atoms with E-state index in [2.05, 4.69) is 15.3 Å². The maximum Gasteiger partial charge on any atom is 0.433 e. The fraction of sp³-hybridized carbons (Fsp3) is 0.105. The van der Waals surface area contributed by atoms with Gasteiger partial charge >= 0.3 is 6.18 Å². The predicted molar refractivity (Wildman–Crippen MR) is 108 cm³/mol. The summed E-state index contributed by atoms with van der Waals surface area (Å²) in [6.45, 7) is 0. The van der Waals surface area contributed by atoms with Crippen LogP contribution in [0.25, 0.3) is 11.3 Å². The van der Waals surface area contributed by atoms with Crippen molar-refractivity contribution in [2.75, 3.05) is 11.1 Å². The Hall–Kier alpha value is -2.29. The zero-order chi connectivity index (χ0) is 21.0. The van der Waals surface area contributed by atoms with E-state index in [0.717, 1.165) is 17.8 Å². The molecule has 2 aromatic carbocycles. The van der Waals surface area contributed by atoms with Crippen LogP contribution in [0.15, 0.2) is 59.8 Å². The van der Waals surface area contributed by atoms with Crippen LogP contribution in [0.1, 0.15) is 5.69 Å². The summed E-state index contributed by atoms with van der Waals surface area (Å²) in [4.78, 5) is 19.9. The summed E-state index contributed by atoms with van der Waals surface area (Å²) < 4.78 is 39.7. The number of nitrogens with zero attached hydrogens (tertiary/aromatic N) is 2. The molecular weight excluding hydrogens is 446 g/mol. The first-order chi connectivity index (χ1) is 13.7. The van der Waals surface area contributed by atoms with E-state index in [4.69, 9.17) is 23.2 Å². The Bertz CT molecular complexity index is 1030. The van der Waals surface area contributed by atoms with Gasteiger partial charge in [0.15, 0.2) is 5.16 Å². The smallest absolute Gasteiger partial charge is 0.324 e. The number of rotatable bonds is 5. The lowest BCUT2D eigenvalue weighted by atomic mass is 10.1. The number of benzene rings is 2. The number of carbonyl (C=O) groups is 1. The fourth-order valence-corrected chi connectivity index (χ4v) is 3.30. The third kappa shape index (κ3) is 5.85. The molecule has 0 spiro atoms. The number of halogens is 5. The van der Waals surface area contributed by atoms with Crippen LogP contribution in [-0.4, -0.2) is 21.6 Å². The fourth-order valence-electron chi connectivity index (χ4n) is 2.30. The van der Waals surface area contributed by atoms with Crippen LogP contribution < -0.4 is 5.32 Å². The van der Waals surface area contributed by atoms with Crippen LogP contribution in [0.3, 0.4) is 0 Å². The van der Waals surface area contributed by atoms with Crippen LogP contribution >= 0.6 is 35.0 Å². The summed E-state index contributed by atoms with van der Waals surface area (Å²) in [5.74, 6) is -0.695. The lowest BCUT2D eigenvalue weighted by Gasteiger charge is -2.11. The average molecular weight is 458 g/mol. The van der Waals surface area contributed by atoms with Crippen molar-refractivity contribution < 1.29 is 18.0 Å². The van der Waals surface area contributed by atoms with Crippen molar-refractivity contribution in [3.63, 3.8) is 0 Å². The second-order valence-electron chi connectivity index (χ2n) is 5.75. The molecule has 3 rings (SSSR count). The van der Waals surface area contributed by atoms with E-state index in [1.54, 1.807) is 36.4 Å². The number of carbonyl (C=O) groups excluding carboxylic acids is 1. The first kappa shape index (κ1) is 21.4. The number of amides is 1. The maximum atomic E-state index is 13.2. The molecule has 0 bridgehead atoms. The Balaban J connectivity index is 1.79. The van der Waals surface area contributed by atoms with Gasteiger partial charge in [-0.15, -0.1) is 0 Å². The number of nitrogens with one attached hydrogen (secondary N) is 1. The molecule has 1 N–H and O–H groups in total. The number of anilines is 1. The van der Waals surface area contributed by atoms with E-state index in [9.17, 15) is 18.0 Å². The highest BCUT2D eigenvalue weighted by Gasteiger charge is 2.34. The van der Waals surface area contributed by atoms with Gasteiger partial charge in [-0.05, 0) is 24.3 Å². The van der Waals surface area contributed by atoms with E-state index in [0.29, 0.717) is 16.3 Å². The molecule has 0 atom stereocenters. The lowest BCUT2D eigenvalue weighted by molar-refractivity contribution is -0.141. The van der Waals surface area contributed by atoms with Gasteiger partial charge < -0.3 is 5.32 Å². The van der Waals surface area contributed by atoms with Crippen molar-refractivity contribution in [3.8, 4) is 11.3 Å². The van der Waals surface area contributed by atoms with Gasteiger partial charge in [-0.25, -0.2) is 9.97 Å². The molecule has 0 radical (unpaired) electrons. The molecule has 0 fully saturated rings. The number of alkyl halides is 3. The Morgan fingerprint density at radius 3 is 2.45 bits per heavy atom. The van der Waals surface area contributed by atoms with Crippen molar-refractivity contribution in [2.45, 2.75) is 11.3 Å². The summed E-state index contributed by atoms with van der Waals surface area (Å²) >= 11 is 12.6. The first-order valence-electron chi connectivity index (χ1n) is 8.12. The Morgan fingerprint density at radius 1 is 1.03 bits per heavy atom. The largest absolute Gasteiger partial charge is 0.433 e. The minimum Gasteiger partial charge on any atom is -0.324 e. The van der Waals surface area contributed by atoms with Crippen molar-refractivity contribution in [1.29, 1.82) is 0 Å². The quantitative estimate of drug-likeness (QED) is 0.366. The van der Waals surface area contributed by atoms with E-state index < -0.39 is 17.8 Å². The van der Waals surface area contributed by atoms with E-state index in [1.807, 2.05) is 0 Å². The first-order valence-corrected chi connectivity index (χ1v) is 9.86. The average Bonchev–Trinajstić information content (AvgIpc) is 2.69. The summed E-state index contributed by atoms with van der Waals surface area (Å²) in [6, 6.07) is 13.9. The highest BCUT2D eigenvalue weighted by molar-refractivity contribution is 7.99. The molecular formula is C19H12Cl2F3N3OS. The molecule has 4 nitrogen and oxygen atoms in total. The third-order valence-electron chi connectivity index (χ3n) is 3.60. The van der Waals surface area contributed by atoms with Crippen LogP contribution in [-0.2, 0) is 11.0 Å². The van der Waals surface area contributed by atoms with Crippen molar-refractivity contribution in [2.24, 2.45) is 0 Å². The Kier molecular flexibility index (Phi) is 6.66. The molecule has 0 aliphatic heterocycles. The summed E-state index contributed by atoms with van der Waals surface area (Å²) in [5, 5.41) is 3.06. The molecule has 0 aliphatic carbocycles. The zero-order valence-corrected chi connectivity index (χ0v) is 16.8. The molecule has 0 unspecified atom stereocenters. The monoisotopic (exact) mass is 457 g/mol. The molecule has 150 valence electrons. The van der Waals surface area contributed by atoms with E-state index in [-0.39, 0.29) is 21.6 Å². The summed E-state index contributed by atoms with van der Waals surface area (Å²) in [7, 11) is 0. The SMILES string of the molecule is O=C(CSc1nc(-c2ccccc2)cc(C(F)(F)F)n1)Nc1cc(Cl)ccc1Cl. The molecule has 29 heavy (non-hydrogen) atoms. The summed E-state index contributed by atoms with van der Waals surface area (Å²) in [5.41, 5.74) is -0.141. The maximum absolute atomic E-state index is 13.2. The number of hydrogen-bond donors (Lipinski definition) is 1. The molecule has 0 aliphatic rings. The number of aromatic nitrogens is 2. The van der Waals surface area contributed by atoms with Crippen LogP contribution in [0.2, 0.25) is 10.0 Å². The predicted octanol–water partition coefficient (Wildman–Crippen LogP) is 6.20. The minimum absolute atomic E-state index is 0.119. The Morgan fingerprint density at radius 2 is 1.76 bits per heavy atom. The van der Waals surface area contributed by atoms with Crippen LogP contribution in [0, 0.1) is 0 Å². The number of thioether (sulfide) groups is 1. The van der Waals surface area contributed by atoms with Crippen LogP contribution in [0.4, 0.5) is 18.9 Å². The van der Waals surface area contributed by atoms with Gasteiger partial charge in [-0.1, -0.05) is 65.3 Å². The van der Waals surface area contributed by atoms with Gasteiger partial charge in [0, 0.05) is 10.6 Å². The van der Waals surface area contributed by atoms with Crippen molar-refractivity contribution in [1.82, 2.24) is 9.97 Å². The Labute approximate surface area is 178 Å². The topological polar surface area (TPSA) is 54.9 Å². The molecule has 1 aromatic heterocycles. The van der Waals surface area contributed by atoms with E-state index >= 15 is 0 Å². The van der Waals surface area contributed by atoms with Gasteiger partial charge in [0.1, 0.15) is 5.69 Å². The molecule has 1 heterocycles. The van der Waals surface area contributed by atoms with Crippen molar-refractivity contribution in [3.05, 3.63) is 70.3 Å². The van der Waals surface area contributed by atoms with Gasteiger partial charge in [0.25, 0.3) is 0 Å². The van der Waals surface area contributed by atoms with Gasteiger partial charge in [0.05, 0.1) is 22.2 Å². The molecule has 0 saturated heterocycles. The highest BCUT2D eigenvalue weighted by Crippen LogP contribution is 2.32. The van der Waals surface area contributed by atoms with Gasteiger partial charge in [-0.3, -0.25) is 4.79 Å². The van der Waals surface area contributed by atoms with Crippen molar-refractivity contribution >= 4 is 46.6 Å². The zero-order valence-electron chi connectivity index (χ0n) is 14.5. The molecule has 3 aromatic rings. The molecule has 1 amide bonds. The molecule has 0 saturated carbocycles. The second kappa shape index (κ2) is 9.02.